The summed E-state index contributed by atoms with van der Waals surface area (Å²) in [5.41, 5.74) is 0.624. The number of carboxylic acids is 1. The Morgan fingerprint density at radius 3 is 2.53 bits per heavy atom. The van der Waals surface area contributed by atoms with Crippen LogP contribution in [0.15, 0.2) is 12.1 Å². The highest BCUT2D eigenvalue weighted by molar-refractivity contribution is 5.76. The molecule has 0 aromatic heterocycles. The van der Waals surface area contributed by atoms with Crippen molar-refractivity contribution in [3.63, 3.8) is 0 Å². The third-order valence-corrected chi connectivity index (χ3v) is 2.00. The predicted octanol–water partition coefficient (Wildman–Crippen LogP) is 0.827. The maximum Gasteiger partial charge on any atom is 0.337 e. The molecule has 5 heteroatoms. The number of aryl methyl sites for hydroxylation is 1. The molecule has 0 heterocycles. The van der Waals surface area contributed by atoms with E-state index in [2.05, 4.69) is 0 Å². The fourth-order valence-electron chi connectivity index (χ4n) is 1.27. The van der Waals surface area contributed by atoms with Crippen molar-refractivity contribution >= 4 is 5.97 Å². The Morgan fingerprint density at radius 1 is 1.47 bits per heavy atom. The highest BCUT2D eigenvalue weighted by atomic mass is 16.5. The van der Waals surface area contributed by atoms with Gasteiger partial charge in [-0.05, 0) is 24.6 Å². The summed E-state index contributed by atoms with van der Waals surface area (Å²) in [5.74, 6) is -1.62. The normalized spacial score (nSPS) is 12.2. The molecule has 5 nitrogen and oxygen atoms in total. The van der Waals surface area contributed by atoms with Gasteiger partial charge in [0.2, 0.25) is 0 Å². The van der Waals surface area contributed by atoms with Gasteiger partial charge in [0, 0.05) is 5.56 Å². The van der Waals surface area contributed by atoms with E-state index in [1.807, 2.05) is 0 Å². The Labute approximate surface area is 86.5 Å². The average molecular weight is 212 g/mol. The topological polar surface area (TPSA) is 87.0 Å². The molecule has 15 heavy (non-hydrogen) atoms. The predicted molar refractivity (Wildman–Crippen MR) is 52.0 cm³/mol. The van der Waals surface area contributed by atoms with Crippen molar-refractivity contribution in [3.8, 4) is 11.5 Å². The zero-order valence-corrected chi connectivity index (χ0v) is 8.39. The van der Waals surface area contributed by atoms with Crippen LogP contribution in [0.25, 0.3) is 0 Å². The number of hydrogen-bond acceptors (Lipinski definition) is 4. The van der Waals surface area contributed by atoms with Crippen LogP contribution in [0.1, 0.15) is 17.2 Å². The molecule has 0 radical (unpaired) electrons. The number of aliphatic carboxylic acids is 1. The van der Waals surface area contributed by atoms with E-state index in [1.54, 1.807) is 13.0 Å². The summed E-state index contributed by atoms with van der Waals surface area (Å²) in [6.07, 6.45) is -1.75. The standard InChI is InChI=1S/C10H12O5/c1-5-3-6(9(12)10(13)14)8(11)7(4-5)15-2/h3-4,9,11-12H,1-2H3,(H,13,14). The number of phenols is 1. The number of phenolic OH excluding ortho intramolecular Hbond substituents is 1. The first kappa shape index (κ1) is 11.3. The van der Waals surface area contributed by atoms with Gasteiger partial charge in [-0.2, -0.15) is 0 Å². The Balaban J connectivity index is 3.28. The number of carboxylic acid groups (broad SMARTS) is 1. The van der Waals surface area contributed by atoms with Crippen LogP contribution in [-0.4, -0.2) is 28.4 Å². The van der Waals surface area contributed by atoms with E-state index in [9.17, 15) is 15.0 Å². The van der Waals surface area contributed by atoms with E-state index < -0.39 is 12.1 Å². The van der Waals surface area contributed by atoms with Gasteiger partial charge in [-0.15, -0.1) is 0 Å². The second kappa shape index (κ2) is 4.18. The van der Waals surface area contributed by atoms with Crippen LogP contribution in [0, 0.1) is 6.92 Å². The number of methoxy groups -OCH3 is 1. The molecule has 1 atom stereocenters. The smallest absolute Gasteiger partial charge is 0.337 e. The molecule has 0 spiro atoms. The van der Waals surface area contributed by atoms with E-state index in [4.69, 9.17) is 9.84 Å². The minimum Gasteiger partial charge on any atom is -0.504 e. The van der Waals surface area contributed by atoms with E-state index in [1.165, 1.54) is 13.2 Å². The zero-order valence-electron chi connectivity index (χ0n) is 8.39. The van der Waals surface area contributed by atoms with Gasteiger partial charge in [0.25, 0.3) is 0 Å². The second-order valence-electron chi connectivity index (χ2n) is 3.15. The van der Waals surface area contributed by atoms with Crippen molar-refractivity contribution in [2.45, 2.75) is 13.0 Å². The largest absolute Gasteiger partial charge is 0.504 e. The lowest BCUT2D eigenvalue weighted by molar-refractivity contribution is -0.147. The molecule has 1 aromatic rings. The molecule has 0 amide bonds. The second-order valence-corrected chi connectivity index (χ2v) is 3.15. The van der Waals surface area contributed by atoms with Crippen molar-refractivity contribution < 1.29 is 24.9 Å². The first-order valence-corrected chi connectivity index (χ1v) is 4.25. The molecule has 3 N–H and O–H groups in total. The summed E-state index contributed by atoms with van der Waals surface area (Å²) >= 11 is 0. The van der Waals surface area contributed by atoms with Crippen molar-refractivity contribution in [2.24, 2.45) is 0 Å². The SMILES string of the molecule is COc1cc(C)cc(C(O)C(=O)O)c1O. The molecule has 1 aromatic carbocycles. The van der Waals surface area contributed by atoms with E-state index in [0.29, 0.717) is 5.56 Å². The Kier molecular flexibility index (Phi) is 3.16. The quantitative estimate of drug-likeness (QED) is 0.690. The molecule has 0 aliphatic carbocycles. The van der Waals surface area contributed by atoms with E-state index in [0.717, 1.165) is 0 Å². The molecular formula is C10H12O5. The number of benzene rings is 1. The molecule has 0 fully saturated rings. The van der Waals surface area contributed by atoms with Crippen molar-refractivity contribution in [3.05, 3.63) is 23.3 Å². The number of carbonyl (C=O) groups is 1. The summed E-state index contributed by atoms with van der Waals surface area (Å²) < 4.78 is 4.84. The molecule has 82 valence electrons. The lowest BCUT2D eigenvalue weighted by Gasteiger charge is -2.12. The molecule has 0 saturated heterocycles. The van der Waals surface area contributed by atoms with Crippen LogP contribution < -0.4 is 4.74 Å². The summed E-state index contributed by atoms with van der Waals surface area (Å²) in [5, 5.41) is 27.5. The number of hydrogen-bond donors (Lipinski definition) is 3. The van der Waals surface area contributed by atoms with Gasteiger partial charge >= 0.3 is 5.97 Å². The number of rotatable bonds is 3. The van der Waals surface area contributed by atoms with Crippen LogP contribution in [0.5, 0.6) is 11.5 Å². The first-order valence-electron chi connectivity index (χ1n) is 4.25. The lowest BCUT2D eigenvalue weighted by Crippen LogP contribution is -2.11. The molecular weight excluding hydrogens is 200 g/mol. The molecule has 0 bridgehead atoms. The average Bonchev–Trinajstić information content (AvgIpc) is 2.19. The molecule has 0 saturated carbocycles. The minimum absolute atomic E-state index is 0.0700. The van der Waals surface area contributed by atoms with Crippen LogP contribution in [-0.2, 0) is 4.79 Å². The fraction of sp³-hybridized carbons (Fsp3) is 0.300. The number of aliphatic hydroxyl groups excluding tert-OH is 1. The Hall–Kier alpha value is -1.75. The zero-order chi connectivity index (χ0) is 11.6. The molecule has 1 unspecified atom stereocenters. The molecule has 0 aliphatic rings. The summed E-state index contributed by atoms with van der Waals surface area (Å²) in [7, 11) is 1.35. The maximum atomic E-state index is 10.6. The van der Waals surface area contributed by atoms with Gasteiger partial charge in [0.15, 0.2) is 17.6 Å². The van der Waals surface area contributed by atoms with Crippen molar-refractivity contribution in [2.75, 3.05) is 7.11 Å². The number of aliphatic hydroxyl groups is 1. The van der Waals surface area contributed by atoms with Gasteiger partial charge in [0.05, 0.1) is 7.11 Å². The first-order chi connectivity index (χ1) is 6.97. The molecule has 0 aliphatic heterocycles. The Bertz CT molecular complexity index is 386. The van der Waals surface area contributed by atoms with E-state index >= 15 is 0 Å². The van der Waals surface area contributed by atoms with Crippen LogP contribution in [0.4, 0.5) is 0 Å². The fourth-order valence-corrected chi connectivity index (χ4v) is 1.27. The van der Waals surface area contributed by atoms with Gasteiger partial charge in [0.1, 0.15) is 0 Å². The summed E-state index contributed by atoms with van der Waals surface area (Å²) in [6.45, 7) is 1.71. The Morgan fingerprint density at radius 2 is 2.07 bits per heavy atom. The van der Waals surface area contributed by atoms with Crippen LogP contribution >= 0.6 is 0 Å². The number of aromatic hydroxyl groups is 1. The summed E-state index contributed by atoms with van der Waals surface area (Å²) in [6, 6.07) is 2.95. The van der Waals surface area contributed by atoms with Gasteiger partial charge < -0.3 is 20.1 Å². The van der Waals surface area contributed by atoms with Crippen molar-refractivity contribution in [1.82, 2.24) is 0 Å². The monoisotopic (exact) mass is 212 g/mol. The lowest BCUT2D eigenvalue weighted by atomic mass is 10.0. The van der Waals surface area contributed by atoms with Crippen LogP contribution in [0.3, 0.4) is 0 Å². The minimum atomic E-state index is -1.75. The highest BCUT2D eigenvalue weighted by Crippen LogP contribution is 2.34. The highest BCUT2D eigenvalue weighted by Gasteiger charge is 2.22. The van der Waals surface area contributed by atoms with Gasteiger partial charge in [-0.1, -0.05) is 0 Å². The van der Waals surface area contributed by atoms with E-state index in [-0.39, 0.29) is 17.1 Å². The summed E-state index contributed by atoms with van der Waals surface area (Å²) in [4.78, 5) is 10.6. The maximum absolute atomic E-state index is 10.6. The van der Waals surface area contributed by atoms with Gasteiger partial charge in [-0.3, -0.25) is 0 Å². The third kappa shape index (κ3) is 2.19. The molecule has 1 rings (SSSR count). The number of ether oxygens (including phenoxy) is 1. The van der Waals surface area contributed by atoms with Gasteiger partial charge in [-0.25, -0.2) is 4.79 Å². The van der Waals surface area contributed by atoms with Crippen LogP contribution in [0.2, 0.25) is 0 Å². The van der Waals surface area contributed by atoms with Crippen molar-refractivity contribution in [1.29, 1.82) is 0 Å². The third-order valence-electron chi connectivity index (χ3n) is 2.00.